The van der Waals surface area contributed by atoms with Crippen LogP contribution in [0.1, 0.15) is 49.0 Å². The molecule has 2 aliphatic rings. The standard InChI is InChI=1S/C18H21NO/c1-19-16-9-5-4-8-14(16)17-13-7-3-2-6-12(13)10-11-15(17)18(19)20/h2-3,6-7,10-11,14,16,18,20H,4-5,8-9H2,1H3. The molecule has 2 aromatic carbocycles. The van der Waals surface area contributed by atoms with E-state index in [1.54, 1.807) is 0 Å². The summed E-state index contributed by atoms with van der Waals surface area (Å²) in [5.41, 5.74) is 2.53. The van der Waals surface area contributed by atoms with Gasteiger partial charge >= 0.3 is 0 Å². The Balaban J connectivity index is 1.99. The average molecular weight is 267 g/mol. The first kappa shape index (κ1) is 12.4. The average Bonchev–Trinajstić information content (AvgIpc) is 2.51. The van der Waals surface area contributed by atoms with Crippen molar-refractivity contribution in [2.24, 2.45) is 0 Å². The van der Waals surface area contributed by atoms with Crippen LogP contribution in [0.3, 0.4) is 0 Å². The van der Waals surface area contributed by atoms with E-state index in [-0.39, 0.29) is 0 Å². The lowest BCUT2D eigenvalue weighted by molar-refractivity contribution is -0.0371. The molecule has 1 N–H and O–H groups in total. The van der Waals surface area contributed by atoms with E-state index in [4.69, 9.17) is 0 Å². The maximum Gasteiger partial charge on any atom is 0.133 e. The molecule has 2 heteroatoms. The van der Waals surface area contributed by atoms with E-state index in [1.807, 2.05) is 0 Å². The van der Waals surface area contributed by atoms with Crippen LogP contribution in [0.4, 0.5) is 0 Å². The molecule has 0 aromatic heterocycles. The maximum atomic E-state index is 10.7. The third-order valence-electron chi connectivity index (χ3n) is 5.29. The fourth-order valence-electron chi connectivity index (χ4n) is 4.29. The number of aliphatic hydroxyl groups is 1. The zero-order chi connectivity index (χ0) is 13.7. The van der Waals surface area contributed by atoms with Crippen molar-refractivity contribution < 1.29 is 5.11 Å². The Morgan fingerprint density at radius 3 is 2.75 bits per heavy atom. The summed E-state index contributed by atoms with van der Waals surface area (Å²) >= 11 is 0. The van der Waals surface area contributed by atoms with Gasteiger partial charge < -0.3 is 5.11 Å². The highest BCUT2D eigenvalue weighted by Gasteiger charge is 2.39. The smallest absolute Gasteiger partial charge is 0.133 e. The summed E-state index contributed by atoms with van der Waals surface area (Å²) in [6, 6.07) is 13.4. The molecule has 1 heterocycles. The van der Waals surface area contributed by atoms with Crippen molar-refractivity contribution in [1.82, 2.24) is 4.90 Å². The van der Waals surface area contributed by atoms with Gasteiger partial charge in [-0.25, -0.2) is 0 Å². The molecule has 1 aliphatic carbocycles. The molecule has 0 saturated heterocycles. The Morgan fingerprint density at radius 1 is 1.05 bits per heavy atom. The Bertz CT molecular complexity index is 651. The van der Waals surface area contributed by atoms with Crippen LogP contribution in [0.5, 0.6) is 0 Å². The minimum absolute atomic E-state index is 0.450. The summed E-state index contributed by atoms with van der Waals surface area (Å²) in [5.74, 6) is 0.582. The second kappa shape index (κ2) is 4.57. The van der Waals surface area contributed by atoms with Gasteiger partial charge in [0.05, 0.1) is 0 Å². The van der Waals surface area contributed by atoms with Gasteiger partial charge in [-0.15, -0.1) is 0 Å². The first-order valence-corrected chi connectivity index (χ1v) is 7.69. The molecule has 3 unspecified atom stereocenters. The quantitative estimate of drug-likeness (QED) is 0.784. The lowest BCUT2D eigenvalue weighted by Crippen LogP contribution is -2.45. The summed E-state index contributed by atoms with van der Waals surface area (Å²) in [7, 11) is 2.08. The van der Waals surface area contributed by atoms with Gasteiger partial charge in [-0.3, -0.25) is 4.90 Å². The molecule has 104 valence electrons. The van der Waals surface area contributed by atoms with Gasteiger partial charge in [-0.05, 0) is 41.8 Å². The summed E-state index contributed by atoms with van der Waals surface area (Å²) < 4.78 is 0. The van der Waals surface area contributed by atoms with Gasteiger partial charge in [-0.1, -0.05) is 49.2 Å². The molecule has 1 fully saturated rings. The van der Waals surface area contributed by atoms with Gasteiger partial charge in [0.1, 0.15) is 6.23 Å². The fraction of sp³-hybridized carbons (Fsp3) is 0.444. The third-order valence-corrected chi connectivity index (χ3v) is 5.29. The number of rotatable bonds is 0. The van der Waals surface area contributed by atoms with Gasteiger partial charge in [0.2, 0.25) is 0 Å². The first-order valence-electron chi connectivity index (χ1n) is 7.69. The van der Waals surface area contributed by atoms with Crippen LogP contribution in [-0.2, 0) is 0 Å². The molecule has 1 aliphatic heterocycles. The fourth-order valence-corrected chi connectivity index (χ4v) is 4.29. The highest BCUT2D eigenvalue weighted by Crippen LogP contribution is 2.47. The second-order valence-electron chi connectivity index (χ2n) is 6.29. The van der Waals surface area contributed by atoms with E-state index in [0.717, 1.165) is 5.56 Å². The van der Waals surface area contributed by atoms with Crippen LogP contribution in [0, 0.1) is 0 Å². The van der Waals surface area contributed by atoms with E-state index in [2.05, 4.69) is 48.3 Å². The van der Waals surface area contributed by atoms with Crippen molar-refractivity contribution in [3.63, 3.8) is 0 Å². The predicted molar refractivity (Wildman–Crippen MR) is 81.7 cm³/mol. The zero-order valence-corrected chi connectivity index (χ0v) is 11.9. The van der Waals surface area contributed by atoms with E-state index in [0.29, 0.717) is 12.0 Å². The molecule has 2 aromatic rings. The summed E-state index contributed by atoms with van der Waals surface area (Å²) in [6.45, 7) is 0. The first-order chi connectivity index (χ1) is 9.77. The van der Waals surface area contributed by atoms with E-state index < -0.39 is 6.23 Å². The molecule has 3 atom stereocenters. The summed E-state index contributed by atoms with van der Waals surface area (Å²) in [5, 5.41) is 13.3. The Morgan fingerprint density at radius 2 is 1.85 bits per heavy atom. The largest absolute Gasteiger partial charge is 0.374 e. The molecule has 0 amide bonds. The van der Waals surface area contributed by atoms with Crippen LogP contribution in [0.2, 0.25) is 0 Å². The summed E-state index contributed by atoms with van der Waals surface area (Å²) in [6.07, 6.45) is 4.62. The number of hydrogen-bond acceptors (Lipinski definition) is 2. The van der Waals surface area contributed by atoms with Crippen molar-refractivity contribution in [2.45, 2.75) is 43.9 Å². The molecular formula is C18H21NO. The topological polar surface area (TPSA) is 23.5 Å². The van der Waals surface area contributed by atoms with Crippen molar-refractivity contribution in [1.29, 1.82) is 0 Å². The minimum atomic E-state index is -0.450. The number of aliphatic hydroxyl groups excluding tert-OH is 1. The van der Waals surface area contributed by atoms with Crippen LogP contribution in [0.15, 0.2) is 36.4 Å². The Labute approximate surface area is 120 Å². The van der Waals surface area contributed by atoms with E-state index >= 15 is 0 Å². The lowest BCUT2D eigenvalue weighted by atomic mass is 9.73. The van der Waals surface area contributed by atoms with Crippen LogP contribution in [-0.4, -0.2) is 23.1 Å². The number of fused-ring (bicyclic) bond motifs is 5. The molecule has 0 radical (unpaired) electrons. The molecule has 1 saturated carbocycles. The number of benzene rings is 2. The van der Waals surface area contributed by atoms with Crippen molar-refractivity contribution in [2.75, 3.05) is 7.05 Å². The molecule has 2 nitrogen and oxygen atoms in total. The second-order valence-corrected chi connectivity index (χ2v) is 6.29. The third kappa shape index (κ3) is 1.65. The van der Waals surface area contributed by atoms with Crippen molar-refractivity contribution in [3.8, 4) is 0 Å². The number of likely N-dealkylation sites (N-methyl/N-ethyl adjacent to an activating group) is 1. The molecule has 20 heavy (non-hydrogen) atoms. The van der Waals surface area contributed by atoms with Gasteiger partial charge in [0.25, 0.3) is 0 Å². The maximum absolute atomic E-state index is 10.7. The molecular weight excluding hydrogens is 246 g/mol. The molecule has 4 rings (SSSR count). The highest BCUT2D eigenvalue weighted by atomic mass is 16.3. The number of hydrogen-bond donors (Lipinski definition) is 1. The highest BCUT2D eigenvalue weighted by molar-refractivity contribution is 5.87. The van der Waals surface area contributed by atoms with Crippen molar-refractivity contribution >= 4 is 10.8 Å². The Hall–Kier alpha value is -1.38. The van der Waals surface area contributed by atoms with Gasteiger partial charge in [-0.2, -0.15) is 0 Å². The SMILES string of the molecule is CN1C(O)c2ccc3ccccc3c2C2CCCCC21. The minimum Gasteiger partial charge on any atom is -0.374 e. The van der Waals surface area contributed by atoms with Crippen LogP contribution in [0.25, 0.3) is 10.8 Å². The van der Waals surface area contributed by atoms with Crippen LogP contribution >= 0.6 is 0 Å². The monoisotopic (exact) mass is 267 g/mol. The van der Waals surface area contributed by atoms with E-state index in [9.17, 15) is 5.11 Å². The lowest BCUT2D eigenvalue weighted by Gasteiger charge is -2.46. The van der Waals surface area contributed by atoms with Gasteiger partial charge in [0, 0.05) is 12.0 Å². The van der Waals surface area contributed by atoms with Crippen LogP contribution < -0.4 is 0 Å². The zero-order valence-electron chi connectivity index (χ0n) is 11.9. The number of nitrogens with zero attached hydrogens (tertiary/aromatic N) is 1. The molecule has 0 bridgehead atoms. The Kier molecular flexibility index (Phi) is 2.83. The van der Waals surface area contributed by atoms with Crippen molar-refractivity contribution in [3.05, 3.63) is 47.5 Å². The normalized spacial score (nSPS) is 30.0. The summed E-state index contributed by atoms with van der Waals surface area (Å²) in [4.78, 5) is 2.18. The van der Waals surface area contributed by atoms with E-state index in [1.165, 1.54) is 42.0 Å². The molecule has 0 spiro atoms. The predicted octanol–water partition coefficient (Wildman–Crippen LogP) is 3.80. The van der Waals surface area contributed by atoms with Gasteiger partial charge in [0.15, 0.2) is 0 Å².